The van der Waals surface area contributed by atoms with Crippen LogP contribution in [0.15, 0.2) is 16.2 Å². The third kappa shape index (κ3) is 1.36. The van der Waals surface area contributed by atoms with Crippen LogP contribution in [0.4, 0.5) is 0 Å². The Balaban J connectivity index is 3.06. The molecule has 0 aliphatic rings. The van der Waals surface area contributed by atoms with E-state index in [0.717, 1.165) is 10.2 Å². The van der Waals surface area contributed by atoms with Crippen LogP contribution < -0.4 is 5.56 Å². The minimum Gasteiger partial charge on any atom is -0.306 e. The fourth-order valence-corrected chi connectivity index (χ4v) is 2.73. The van der Waals surface area contributed by atoms with E-state index in [-0.39, 0.29) is 16.1 Å². The summed E-state index contributed by atoms with van der Waals surface area (Å²) in [6.07, 6.45) is 0. The molecule has 0 fully saturated rings. The Labute approximate surface area is 95.1 Å². The first-order valence-electron chi connectivity index (χ1n) is 4.40. The van der Waals surface area contributed by atoms with Crippen LogP contribution in [0.1, 0.15) is 12.5 Å². The highest BCUT2D eigenvalue weighted by atomic mass is 35.5. The first kappa shape index (κ1) is 10.2. The highest BCUT2D eigenvalue weighted by Gasteiger charge is 2.14. The molecule has 2 heterocycles. The molecule has 0 aliphatic carbocycles. The van der Waals surface area contributed by atoms with Crippen molar-refractivity contribution in [1.82, 2.24) is 4.57 Å². The number of hydrogen-bond donors (Lipinski definition) is 0. The predicted octanol–water partition coefficient (Wildman–Crippen LogP) is 2.61. The van der Waals surface area contributed by atoms with Crippen LogP contribution in [0.25, 0.3) is 10.2 Å². The van der Waals surface area contributed by atoms with Crippen molar-refractivity contribution in [2.45, 2.75) is 13.5 Å². The third-order valence-electron chi connectivity index (χ3n) is 2.24. The van der Waals surface area contributed by atoms with Crippen LogP contribution in [0.2, 0.25) is 5.02 Å². The van der Waals surface area contributed by atoms with Gasteiger partial charge in [-0.05, 0) is 18.4 Å². The summed E-state index contributed by atoms with van der Waals surface area (Å²) >= 11 is 7.43. The molecule has 0 N–H and O–H groups in total. The van der Waals surface area contributed by atoms with Gasteiger partial charge in [0.2, 0.25) is 0 Å². The molecule has 2 rings (SSSR count). The highest BCUT2D eigenvalue weighted by Crippen LogP contribution is 2.29. The number of thiophene rings is 1. The second kappa shape index (κ2) is 3.69. The average Bonchev–Trinajstić information content (AvgIpc) is 2.68. The van der Waals surface area contributed by atoms with Crippen molar-refractivity contribution in [3.8, 4) is 6.07 Å². The van der Waals surface area contributed by atoms with Gasteiger partial charge in [0, 0.05) is 6.54 Å². The van der Waals surface area contributed by atoms with E-state index in [9.17, 15) is 4.79 Å². The van der Waals surface area contributed by atoms with E-state index in [2.05, 4.69) is 0 Å². The Morgan fingerprint density at radius 3 is 3.00 bits per heavy atom. The van der Waals surface area contributed by atoms with Crippen molar-refractivity contribution in [3.63, 3.8) is 0 Å². The van der Waals surface area contributed by atoms with E-state index < -0.39 is 0 Å². The molecule has 0 radical (unpaired) electrons. The van der Waals surface area contributed by atoms with Gasteiger partial charge in [0.1, 0.15) is 11.6 Å². The first-order valence-corrected chi connectivity index (χ1v) is 5.66. The van der Waals surface area contributed by atoms with Crippen molar-refractivity contribution in [1.29, 1.82) is 5.26 Å². The van der Waals surface area contributed by atoms with Crippen LogP contribution in [0.5, 0.6) is 0 Å². The van der Waals surface area contributed by atoms with Crippen molar-refractivity contribution in [3.05, 3.63) is 32.4 Å². The van der Waals surface area contributed by atoms with Gasteiger partial charge in [-0.3, -0.25) is 4.79 Å². The Bertz CT molecular complexity index is 621. The topological polar surface area (TPSA) is 45.8 Å². The van der Waals surface area contributed by atoms with Crippen molar-refractivity contribution < 1.29 is 0 Å². The maximum absolute atomic E-state index is 11.8. The quantitative estimate of drug-likeness (QED) is 0.767. The number of aryl methyl sites for hydroxylation is 1. The molecule has 0 bridgehead atoms. The van der Waals surface area contributed by atoms with E-state index in [4.69, 9.17) is 16.9 Å². The van der Waals surface area contributed by atoms with Crippen LogP contribution in [-0.4, -0.2) is 4.57 Å². The number of nitriles is 1. The second-order valence-electron chi connectivity index (χ2n) is 2.99. The zero-order valence-corrected chi connectivity index (χ0v) is 9.52. The Hall–Kier alpha value is -1.31. The largest absolute Gasteiger partial charge is 0.306 e. The predicted molar refractivity (Wildman–Crippen MR) is 61.5 cm³/mol. The Morgan fingerprint density at radius 2 is 2.40 bits per heavy atom. The molecule has 76 valence electrons. The van der Waals surface area contributed by atoms with E-state index in [0.29, 0.717) is 6.54 Å². The highest BCUT2D eigenvalue weighted by molar-refractivity contribution is 7.17. The van der Waals surface area contributed by atoms with E-state index >= 15 is 0 Å². The summed E-state index contributed by atoms with van der Waals surface area (Å²) in [5.74, 6) is 0. The van der Waals surface area contributed by atoms with E-state index in [1.807, 2.05) is 24.4 Å². The molecule has 5 heteroatoms. The number of halogens is 1. The van der Waals surface area contributed by atoms with Crippen LogP contribution in [0, 0.1) is 11.3 Å². The van der Waals surface area contributed by atoms with Gasteiger partial charge in [-0.2, -0.15) is 5.26 Å². The zero-order chi connectivity index (χ0) is 11.0. The van der Waals surface area contributed by atoms with Crippen molar-refractivity contribution >= 4 is 33.2 Å². The molecule has 0 saturated heterocycles. The minimum absolute atomic E-state index is 0.0356. The van der Waals surface area contributed by atoms with Crippen molar-refractivity contribution in [2.24, 2.45) is 0 Å². The van der Waals surface area contributed by atoms with Gasteiger partial charge in [-0.1, -0.05) is 11.6 Å². The summed E-state index contributed by atoms with van der Waals surface area (Å²) in [6.45, 7) is 2.41. The van der Waals surface area contributed by atoms with Crippen molar-refractivity contribution in [2.75, 3.05) is 0 Å². The normalized spacial score (nSPS) is 10.5. The van der Waals surface area contributed by atoms with Gasteiger partial charge in [-0.15, -0.1) is 11.3 Å². The summed E-state index contributed by atoms with van der Waals surface area (Å²) in [7, 11) is 0. The average molecular weight is 239 g/mol. The summed E-state index contributed by atoms with van der Waals surface area (Å²) in [5.41, 5.74) is 0.529. The first-order chi connectivity index (χ1) is 7.20. The van der Waals surface area contributed by atoms with Gasteiger partial charge in [0.25, 0.3) is 5.56 Å². The van der Waals surface area contributed by atoms with Crippen LogP contribution in [0.3, 0.4) is 0 Å². The number of rotatable bonds is 1. The lowest BCUT2D eigenvalue weighted by Gasteiger charge is -2.06. The van der Waals surface area contributed by atoms with Crippen LogP contribution in [-0.2, 0) is 6.54 Å². The summed E-state index contributed by atoms with van der Waals surface area (Å²) in [4.78, 5) is 11.8. The fraction of sp³-hybridized carbons (Fsp3) is 0.200. The molecule has 0 amide bonds. The Morgan fingerprint density at radius 1 is 1.67 bits per heavy atom. The molecular weight excluding hydrogens is 232 g/mol. The van der Waals surface area contributed by atoms with Crippen LogP contribution >= 0.6 is 22.9 Å². The lowest BCUT2D eigenvalue weighted by molar-refractivity contribution is 0.758. The number of fused-ring (bicyclic) bond motifs is 1. The number of nitrogens with zero attached hydrogens (tertiary/aromatic N) is 2. The lowest BCUT2D eigenvalue weighted by atomic mass is 10.2. The lowest BCUT2D eigenvalue weighted by Crippen LogP contribution is -2.22. The second-order valence-corrected chi connectivity index (χ2v) is 4.28. The molecule has 0 atom stereocenters. The molecule has 2 aromatic rings. The number of pyridine rings is 1. The molecule has 0 aliphatic heterocycles. The zero-order valence-electron chi connectivity index (χ0n) is 7.95. The molecule has 0 saturated carbocycles. The summed E-state index contributed by atoms with van der Waals surface area (Å²) in [5, 5.41) is 11.0. The SMILES string of the molecule is CCn1c(=O)c(C#N)c(Cl)c2sccc21. The monoisotopic (exact) mass is 238 g/mol. The van der Waals surface area contributed by atoms with Gasteiger partial charge in [0.15, 0.2) is 0 Å². The van der Waals surface area contributed by atoms with Gasteiger partial charge in [-0.25, -0.2) is 0 Å². The standard InChI is InChI=1S/C10H7ClN2OS/c1-2-13-7-3-4-15-9(7)8(11)6(5-12)10(13)14/h3-4H,2H2,1H3. The molecular formula is C10H7ClN2OS. The maximum atomic E-state index is 11.8. The number of aromatic nitrogens is 1. The fourth-order valence-electron chi connectivity index (χ4n) is 1.54. The molecule has 2 aromatic heterocycles. The minimum atomic E-state index is -0.309. The van der Waals surface area contributed by atoms with Gasteiger partial charge in [0.05, 0.1) is 15.2 Å². The van der Waals surface area contributed by atoms with E-state index in [1.54, 1.807) is 4.57 Å². The van der Waals surface area contributed by atoms with Gasteiger partial charge < -0.3 is 4.57 Å². The molecule has 0 spiro atoms. The molecule has 3 nitrogen and oxygen atoms in total. The molecule has 0 unspecified atom stereocenters. The summed E-state index contributed by atoms with van der Waals surface area (Å²) < 4.78 is 2.37. The van der Waals surface area contributed by atoms with Gasteiger partial charge >= 0.3 is 0 Å². The third-order valence-corrected chi connectivity index (χ3v) is 3.65. The maximum Gasteiger partial charge on any atom is 0.270 e. The number of hydrogen-bond acceptors (Lipinski definition) is 3. The molecule has 15 heavy (non-hydrogen) atoms. The Kier molecular flexibility index (Phi) is 2.51. The smallest absolute Gasteiger partial charge is 0.270 e. The molecule has 0 aromatic carbocycles. The van der Waals surface area contributed by atoms with E-state index in [1.165, 1.54) is 11.3 Å². The summed E-state index contributed by atoms with van der Waals surface area (Å²) in [6, 6.07) is 3.71.